The first-order valence-corrected chi connectivity index (χ1v) is 13.8. The normalized spacial score (nSPS) is 24.6. The number of halogens is 6. The van der Waals surface area contributed by atoms with Crippen molar-refractivity contribution >= 4 is 20.9 Å². The van der Waals surface area contributed by atoms with Crippen LogP contribution in [0.1, 0.15) is 35.6 Å². The first-order valence-electron chi connectivity index (χ1n) is 12.3. The van der Waals surface area contributed by atoms with Crippen LogP contribution in [0.3, 0.4) is 0 Å². The maximum absolute atomic E-state index is 13.6. The zero-order chi connectivity index (χ0) is 28.2. The number of pyridine rings is 1. The molecule has 0 amide bonds. The fraction of sp³-hybridized carbons (Fsp3) is 0.370. The van der Waals surface area contributed by atoms with E-state index in [1.165, 1.54) is 6.20 Å². The number of nitrogens with one attached hydrogen (secondary N) is 1. The smallest absolute Gasteiger partial charge is 0.298 e. The molecule has 3 aromatic rings. The van der Waals surface area contributed by atoms with Gasteiger partial charge in [0.25, 0.3) is 0 Å². The second kappa shape index (κ2) is 9.90. The minimum absolute atomic E-state index is 0.0892. The van der Waals surface area contributed by atoms with Gasteiger partial charge < -0.3 is 0 Å². The molecular formula is C27H25F6N3O2S. The average molecular weight is 570 g/mol. The Labute approximate surface area is 221 Å². The van der Waals surface area contributed by atoms with Gasteiger partial charge in [0.15, 0.2) is 0 Å². The van der Waals surface area contributed by atoms with Crippen molar-refractivity contribution in [3.8, 4) is 0 Å². The molecular weight excluding hydrogens is 544 g/mol. The van der Waals surface area contributed by atoms with E-state index in [9.17, 15) is 34.8 Å². The Bertz CT molecular complexity index is 1470. The zero-order valence-corrected chi connectivity index (χ0v) is 21.3. The minimum Gasteiger partial charge on any atom is -0.298 e. The van der Waals surface area contributed by atoms with Crippen molar-refractivity contribution < 1.29 is 34.8 Å². The van der Waals surface area contributed by atoms with E-state index in [1.54, 1.807) is 30.3 Å². The van der Waals surface area contributed by atoms with E-state index < -0.39 is 44.4 Å². The van der Waals surface area contributed by atoms with E-state index in [0.29, 0.717) is 36.0 Å². The molecule has 208 valence electrons. The van der Waals surface area contributed by atoms with Crippen molar-refractivity contribution in [3.63, 3.8) is 0 Å². The second-order valence-corrected chi connectivity index (χ2v) is 11.7. The SMILES string of the molecule is C=CC1CN2CCC1CC2C(NS(=O)(=O)c1cc(C(F)(F)F)cc(C(F)(F)F)c1)c1ccnc2ccccc12. The van der Waals surface area contributed by atoms with Crippen LogP contribution in [0, 0.1) is 11.8 Å². The Balaban J connectivity index is 1.62. The fourth-order valence-corrected chi connectivity index (χ4v) is 7.10. The average Bonchev–Trinajstić information content (AvgIpc) is 2.90. The lowest BCUT2D eigenvalue weighted by Gasteiger charge is -2.51. The van der Waals surface area contributed by atoms with Crippen LogP contribution in [0.4, 0.5) is 26.3 Å². The highest BCUT2D eigenvalue weighted by atomic mass is 32.2. The van der Waals surface area contributed by atoms with Crippen LogP contribution in [0.25, 0.3) is 10.9 Å². The summed E-state index contributed by atoms with van der Waals surface area (Å²) < 4.78 is 111. The van der Waals surface area contributed by atoms with Gasteiger partial charge in [-0.25, -0.2) is 13.1 Å². The number of rotatable bonds is 6. The van der Waals surface area contributed by atoms with Crippen LogP contribution >= 0.6 is 0 Å². The second-order valence-electron chi connectivity index (χ2n) is 10.0. The predicted octanol–water partition coefficient (Wildman–Crippen LogP) is 6.19. The molecule has 0 saturated carbocycles. The van der Waals surface area contributed by atoms with Gasteiger partial charge in [0.1, 0.15) is 0 Å². The molecule has 2 aromatic carbocycles. The number of nitrogens with zero attached hydrogens (tertiary/aromatic N) is 2. The Morgan fingerprint density at radius 2 is 1.69 bits per heavy atom. The summed E-state index contributed by atoms with van der Waals surface area (Å²) >= 11 is 0. The molecule has 0 radical (unpaired) electrons. The third-order valence-electron chi connectivity index (χ3n) is 7.71. The fourth-order valence-electron chi connectivity index (χ4n) is 5.78. The third kappa shape index (κ3) is 5.42. The van der Waals surface area contributed by atoms with Gasteiger partial charge in [-0.2, -0.15) is 26.3 Å². The lowest BCUT2D eigenvalue weighted by molar-refractivity contribution is -0.143. The van der Waals surface area contributed by atoms with E-state index in [4.69, 9.17) is 0 Å². The lowest BCUT2D eigenvalue weighted by atomic mass is 9.73. The Hall–Kier alpha value is -2.96. The number of alkyl halides is 6. The maximum atomic E-state index is 13.6. The van der Waals surface area contributed by atoms with Crippen molar-refractivity contribution in [3.05, 3.63) is 84.1 Å². The summed E-state index contributed by atoms with van der Waals surface area (Å²) in [5.41, 5.74) is -2.27. The van der Waals surface area contributed by atoms with Gasteiger partial charge in [-0.15, -0.1) is 6.58 Å². The molecule has 0 aliphatic carbocycles. The first kappa shape index (κ1) is 27.6. The van der Waals surface area contributed by atoms with E-state index in [0.717, 1.165) is 6.42 Å². The molecule has 5 nitrogen and oxygen atoms in total. The van der Waals surface area contributed by atoms with E-state index in [-0.39, 0.29) is 36.1 Å². The molecule has 0 spiro atoms. The molecule has 3 aliphatic heterocycles. The van der Waals surface area contributed by atoms with Crippen molar-refractivity contribution in [2.45, 2.75) is 42.2 Å². The van der Waals surface area contributed by atoms with E-state index >= 15 is 0 Å². The number of aromatic nitrogens is 1. The summed E-state index contributed by atoms with van der Waals surface area (Å²) in [5.74, 6) is 0.433. The summed E-state index contributed by atoms with van der Waals surface area (Å²) in [4.78, 5) is 5.33. The number of fused-ring (bicyclic) bond motifs is 4. The van der Waals surface area contributed by atoms with Crippen molar-refractivity contribution in [2.24, 2.45) is 11.8 Å². The summed E-state index contributed by atoms with van der Waals surface area (Å²) in [6.45, 7) is 5.21. The molecule has 6 rings (SSSR count). The van der Waals surface area contributed by atoms with Gasteiger partial charge >= 0.3 is 12.4 Å². The van der Waals surface area contributed by atoms with Crippen LogP contribution < -0.4 is 4.72 Å². The maximum Gasteiger partial charge on any atom is 0.416 e. The topological polar surface area (TPSA) is 62.3 Å². The number of para-hydroxylation sites is 1. The van der Waals surface area contributed by atoms with Crippen LogP contribution in [0.5, 0.6) is 0 Å². The van der Waals surface area contributed by atoms with E-state index in [2.05, 4.69) is 21.2 Å². The first-order chi connectivity index (χ1) is 18.3. The van der Waals surface area contributed by atoms with Crippen LogP contribution in [0.15, 0.2) is 72.3 Å². The largest absolute Gasteiger partial charge is 0.416 e. The van der Waals surface area contributed by atoms with Crippen LogP contribution in [-0.2, 0) is 22.4 Å². The van der Waals surface area contributed by atoms with Crippen LogP contribution in [-0.4, -0.2) is 37.4 Å². The molecule has 3 fully saturated rings. The van der Waals surface area contributed by atoms with Gasteiger partial charge in [-0.3, -0.25) is 9.88 Å². The quantitative estimate of drug-likeness (QED) is 0.284. The van der Waals surface area contributed by atoms with Gasteiger partial charge in [-0.05, 0) is 67.1 Å². The number of benzene rings is 2. The van der Waals surface area contributed by atoms with Gasteiger partial charge in [0.05, 0.1) is 27.6 Å². The predicted molar refractivity (Wildman–Crippen MR) is 133 cm³/mol. The molecule has 3 aliphatic rings. The minimum atomic E-state index is -5.18. The summed E-state index contributed by atoms with van der Waals surface area (Å²) in [6.07, 6.45) is -5.52. The van der Waals surface area contributed by atoms with Gasteiger partial charge in [0.2, 0.25) is 10.0 Å². The summed E-state index contributed by atoms with van der Waals surface area (Å²) in [6, 6.07) is 7.70. The third-order valence-corrected chi connectivity index (χ3v) is 9.13. The van der Waals surface area contributed by atoms with Crippen molar-refractivity contribution in [2.75, 3.05) is 13.1 Å². The highest BCUT2D eigenvalue weighted by Gasteiger charge is 2.45. The number of hydrogen-bond donors (Lipinski definition) is 1. The van der Waals surface area contributed by atoms with Gasteiger partial charge in [0, 0.05) is 24.2 Å². The van der Waals surface area contributed by atoms with Crippen molar-refractivity contribution in [1.29, 1.82) is 0 Å². The summed E-state index contributed by atoms with van der Waals surface area (Å²) in [7, 11) is -4.84. The molecule has 1 aromatic heterocycles. The molecule has 1 N–H and O–H groups in total. The highest BCUT2D eigenvalue weighted by molar-refractivity contribution is 7.89. The molecule has 3 saturated heterocycles. The molecule has 39 heavy (non-hydrogen) atoms. The van der Waals surface area contributed by atoms with Crippen LogP contribution in [0.2, 0.25) is 0 Å². The molecule has 5 atom stereocenters. The Morgan fingerprint density at radius 1 is 1.03 bits per heavy atom. The zero-order valence-electron chi connectivity index (χ0n) is 20.5. The highest BCUT2D eigenvalue weighted by Crippen LogP contribution is 2.43. The number of sulfonamides is 1. The molecule has 2 bridgehead atoms. The van der Waals surface area contributed by atoms with E-state index in [1.807, 2.05) is 6.08 Å². The number of hydrogen-bond acceptors (Lipinski definition) is 4. The Kier molecular flexibility index (Phi) is 7.01. The summed E-state index contributed by atoms with van der Waals surface area (Å²) in [5, 5.41) is 0.635. The molecule has 5 unspecified atom stereocenters. The van der Waals surface area contributed by atoms with Crippen molar-refractivity contribution in [1.82, 2.24) is 14.6 Å². The van der Waals surface area contributed by atoms with Gasteiger partial charge in [-0.1, -0.05) is 24.3 Å². The number of piperidine rings is 3. The lowest BCUT2D eigenvalue weighted by Crippen LogP contribution is -2.57. The monoisotopic (exact) mass is 569 g/mol. The standard InChI is InChI=1S/C27H25F6N3O2S/c1-2-16-15-36-10-8-17(16)11-24(36)25(22-7-9-34-23-6-4-3-5-21(22)23)35-39(37,38)20-13-18(26(28,29)30)12-19(14-20)27(31,32)33/h2-7,9,12-14,16-17,24-25,35H,1,8,10-11,15H2. The molecule has 4 heterocycles. The Morgan fingerprint density at radius 3 is 2.28 bits per heavy atom. The molecule has 12 heteroatoms.